The molecule has 3 nitrogen and oxygen atoms in total. The zero-order valence-electron chi connectivity index (χ0n) is 9.94. The Morgan fingerprint density at radius 1 is 1.19 bits per heavy atom. The van der Waals surface area contributed by atoms with E-state index in [0.29, 0.717) is 0 Å². The summed E-state index contributed by atoms with van der Waals surface area (Å²) in [6, 6.07) is 6.25. The van der Waals surface area contributed by atoms with Crippen LogP contribution >= 0.6 is 0 Å². The maximum Gasteiger partial charge on any atom is 0.0582 e. The fraction of sp³-hybridized carbons (Fsp3) is 0.308. The van der Waals surface area contributed by atoms with Crippen molar-refractivity contribution >= 4 is 0 Å². The number of benzene rings is 1. The highest BCUT2D eigenvalue weighted by Crippen LogP contribution is 2.21. The van der Waals surface area contributed by atoms with Crippen LogP contribution in [0.15, 0.2) is 30.6 Å². The summed E-state index contributed by atoms with van der Waals surface area (Å²) < 4.78 is 1.77. The Morgan fingerprint density at radius 3 is 2.50 bits per heavy atom. The van der Waals surface area contributed by atoms with Crippen molar-refractivity contribution in [3.8, 4) is 0 Å². The third-order valence-electron chi connectivity index (χ3n) is 2.97. The Hall–Kier alpha value is -1.61. The normalized spacial score (nSPS) is 12.8. The van der Waals surface area contributed by atoms with Gasteiger partial charge in [-0.15, -0.1) is 0 Å². The molecule has 2 N–H and O–H groups in total. The summed E-state index contributed by atoms with van der Waals surface area (Å²) in [5.41, 5.74) is 10.9. The van der Waals surface area contributed by atoms with Crippen LogP contribution in [0.5, 0.6) is 0 Å². The molecule has 0 bridgehead atoms. The van der Waals surface area contributed by atoms with Crippen LogP contribution in [-0.2, 0) is 7.05 Å². The van der Waals surface area contributed by atoms with Crippen LogP contribution in [-0.4, -0.2) is 9.78 Å². The van der Waals surface area contributed by atoms with Crippen LogP contribution in [0.25, 0.3) is 0 Å². The van der Waals surface area contributed by atoms with Crippen molar-refractivity contribution in [3.63, 3.8) is 0 Å². The van der Waals surface area contributed by atoms with Crippen LogP contribution < -0.4 is 5.73 Å². The number of rotatable bonds is 2. The molecule has 1 aromatic heterocycles. The molecule has 0 saturated heterocycles. The molecule has 1 unspecified atom stereocenters. The highest BCUT2D eigenvalue weighted by Gasteiger charge is 2.11. The first-order valence-electron chi connectivity index (χ1n) is 5.39. The molecule has 0 aliphatic carbocycles. The molecule has 84 valence electrons. The fourth-order valence-corrected chi connectivity index (χ4v) is 1.75. The van der Waals surface area contributed by atoms with E-state index in [1.165, 1.54) is 11.1 Å². The Balaban J connectivity index is 2.33. The largest absolute Gasteiger partial charge is 0.320 e. The third kappa shape index (κ3) is 1.99. The summed E-state index contributed by atoms with van der Waals surface area (Å²) in [6.45, 7) is 4.21. The van der Waals surface area contributed by atoms with Crippen LogP contribution in [0.3, 0.4) is 0 Å². The van der Waals surface area contributed by atoms with E-state index >= 15 is 0 Å². The maximum atomic E-state index is 6.20. The molecule has 0 radical (unpaired) electrons. The SMILES string of the molecule is Cc1ccc(C(N)c2cnn(C)c2)cc1C. The van der Waals surface area contributed by atoms with Gasteiger partial charge in [0.2, 0.25) is 0 Å². The van der Waals surface area contributed by atoms with E-state index < -0.39 is 0 Å². The average molecular weight is 215 g/mol. The van der Waals surface area contributed by atoms with Crippen LogP contribution in [0.2, 0.25) is 0 Å². The van der Waals surface area contributed by atoms with Gasteiger partial charge in [0, 0.05) is 18.8 Å². The summed E-state index contributed by atoms with van der Waals surface area (Å²) in [7, 11) is 1.90. The number of aromatic nitrogens is 2. The smallest absolute Gasteiger partial charge is 0.0582 e. The number of nitrogens with zero attached hydrogens (tertiary/aromatic N) is 2. The van der Waals surface area contributed by atoms with Crippen molar-refractivity contribution in [2.24, 2.45) is 12.8 Å². The Kier molecular flexibility index (Phi) is 2.79. The lowest BCUT2D eigenvalue weighted by molar-refractivity contribution is 0.765. The lowest BCUT2D eigenvalue weighted by Gasteiger charge is -2.11. The monoisotopic (exact) mass is 215 g/mol. The Labute approximate surface area is 95.9 Å². The molecule has 0 aliphatic heterocycles. The number of aryl methyl sites for hydroxylation is 3. The van der Waals surface area contributed by atoms with Gasteiger partial charge in [0.15, 0.2) is 0 Å². The molecular formula is C13H17N3. The molecule has 2 aromatic rings. The van der Waals surface area contributed by atoms with Crippen LogP contribution in [0.1, 0.15) is 28.3 Å². The van der Waals surface area contributed by atoms with E-state index in [2.05, 4.69) is 37.1 Å². The predicted molar refractivity (Wildman–Crippen MR) is 65.2 cm³/mol. The zero-order chi connectivity index (χ0) is 11.7. The highest BCUT2D eigenvalue weighted by molar-refractivity contribution is 5.35. The molecule has 0 aliphatic rings. The van der Waals surface area contributed by atoms with Gasteiger partial charge >= 0.3 is 0 Å². The lowest BCUT2D eigenvalue weighted by atomic mass is 9.98. The minimum absolute atomic E-state index is 0.0898. The maximum absolute atomic E-state index is 6.20. The van der Waals surface area contributed by atoms with E-state index in [4.69, 9.17) is 5.73 Å². The number of hydrogen-bond donors (Lipinski definition) is 1. The minimum Gasteiger partial charge on any atom is -0.320 e. The summed E-state index contributed by atoms with van der Waals surface area (Å²) in [4.78, 5) is 0. The molecule has 3 heteroatoms. The van der Waals surface area contributed by atoms with E-state index in [9.17, 15) is 0 Å². The van der Waals surface area contributed by atoms with Gasteiger partial charge in [0.25, 0.3) is 0 Å². The molecule has 16 heavy (non-hydrogen) atoms. The van der Waals surface area contributed by atoms with Gasteiger partial charge < -0.3 is 5.73 Å². The first-order chi connectivity index (χ1) is 7.58. The lowest BCUT2D eigenvalue weighted by Crippen LogP contribution is -2.11. The van der Waals surface area contributed by atoms with Crippen molar-refractivity contribution in [3.05, 3.63) is 52.8 Å². The molecule has 0 fully saturated rings. The van der Waals surface area contributed by atoms with Gasteiger partial charge in [-0.2, -0.15) is 5.10 Å². The van der Waals surface area contributed by atoms with Crippen molar-refractivity contribution in [2.75, 3.05) is 0 Å². The van der Waals surface area contributed by atoms with Gasteiger partial charge in [-0.05, 0) is 30.5 Å². The van der Waals surface area contributed by atoms with E-state index in [1.54, 1.807) is 4.68 Å². The highest BCUT2D eigenvalue weighted by atomic mass is 15.2. The van der Waals surface area contributed by atoms with Gasteiger partial charge in [0.1, 0.15) is 0 Å². The van der Waals surface area contributed by atoms with Gasteiger partial charge in [0.05, 0.1) is 12.2 Å². The molecular weight excluding hydrogens is 198 g/mol. The fourth-order valence-electron chi connectivity index (χ4n) is 1.75. The standard InChI is InChI=1S/C13H17N3/c1-9-4-5-11(6-10(9)2)13(14)12-7-15-16(3)8-12/h4-8,13H,14H2,1-3H3. The van der Waals surface area contributed by atoms with E-state index in [1.807, 2.05) is 19.4 Å². The number of nitrogens with two attached hydrogens (primary N) is 1. The minimum atomic E-state index is -0.0898. The summed E-state index contributed by atoms with van der Waals surface area (Å²) >= 11 is 0. The summed E-state index contributed by atoms with van der Waals surface area (Å²) in [6.07, 6.45) is 3.78. The molecule has 0 spiro atoms. The second-order valence-corrected chi connectivity index (χ2v) is 4.27. The molecule has 0 saturated carbocycles. The molecule has 1 atom stereocenters. The summed E-state index contributed by atoms with van der Waals surface area (Å²) in [5.74, 6) is 0. The van der Waals surface area contributed by atoms with Crippen molar-refractivity contribution in [1.82, 2.24) is 9.78 Å². The first-order valence-corrected chi connectivity index (χ1v) is 5.39. The molecule has 2 rings (SSSR count). The van der Waals surface area contributed by atoms with Crippen molar-refractivity contribution in [1.29, 1.82) is 0 Å². The zero-order valence-corrected chi connectivity index (χ0v) is 9.94. The topological polar surface area (TPSA) is 43.8 Å². The molecule has 1 heterocycles. The first kappa shape index (κ1) is 10.9. The van der Waals surface area contributed by atoms with E-state index in [0.717, 1.165) is 11.1 Å². The van der Waals surface area contributed by atoms with Gasteiger partial charge in [-0.1, -0.05) is 18.2 Å². The second kappa shape index (κ2) is 4.10. The second-order valence-electron chi connectivity index (χ2n) is 4.27. The summed E-state index contributed by atoms with van der Waals surface area (Å²) in [5, 5.41) is 4.14. The number of hydrogen-bond acceptors (Lipinski definition) is 2. The Bertz CT molecular complexity index is 500. The average Bonchev–Trinajstić information content (AvgIpc) is 2.68. The third-order valence-corrected chi connectivity index (χ3v) is 2.97. The van der Waals surface area contributed by atoms with Gasteiger partial charge in [-0.3, -0.25) is 4.68 Å². The van der Waals surface area contributed by atoms with E-state index in [-0.39, 0.29) is 6.04 Å². The molecule has 1 aromatic carbocycles. The van der Waals surface area contributed by atoms with Crippen LogP contribution in [0, 0.1) is 13.8 Å². The quantitative estimate of drug-likeness (QED) is 0.833. The Morgan fingerprint density at radius 2 is 1.94 bits per heavy atom. The van der Waals surface area contributed by atoms with Crippen molar-refractivity contribution in [2.45, 2.75) is 19.9 Å². The van der Waals surface area contributed by atoms with Crippen LogP contribution in [0.4, 0.5) is 0 Å². The van der Waals surface area contributed by atoms with Gasteiger partial charge in [-0.25, -0.2) is 0 Å². The van der Waals surface area contributed by atoms with Crippen molar-refractivity contribution < 1.29 is 0 Å². The molecule has 0 amide bonds. The predicted octanol–water partition coefficient (Wildman–Crippen LogP) is 2.09.